The highest BCUT2D eigenvalue weighted by Gasteiger charge is 2.50. The number of unbranched alkanes of at least 4 members (excludes halogenated alkanes) is 6. The number of hydrogen-bond acceptors (Lipinski definition) is 19. The average molecular weight is 1050 g/mol. The number of phosphoric ester groups is 3. The number of allylic oxidation sites excluding steroid dienone is 4. The number of fused-ring (bicyclic) bond motifs is 1. The van der Waals surface area contributed by atoms with Crippen molar-refractivity contribution >= 4 is 69.1 Å². The van der Waals surface area contributed by atoms with Crippen molar-refractivity contribution in [3.05, 3.63) is 37.0 Å². The van der Waals surface area contributed by atoms with Crippen LogP contribution >= 0.6 is 35.2 Å². The molecule has 2 unspecified atom stereocenters. The monoisotopic (exact) mass is 1050 g/mol. The number of phosphoric acid groups is 3. The van der Waals surface area contributed by atoms with E-state index in [2.05, 4.69) is 65.6 Å². The minimum atomic E-state index is -5.59. The Morgan fingerprint density at radius 1 is 0.941 bits per heavy atom. The van der Waals surface area contributed by atoms with Crippen molar-refractivity contribution in [3.63, 3.8) is 0 Å². The number of hydrogen-bond donors (Lipinski definition) is 10. The molecule has 2 aromatic rings. The molecule has 2 amide bonds. The van der Waals surface area contributed by atoms with Gasteiger partial charge in [-0.15, -0.1) is 0 Å². The van der Waals surface area contributed by atoms with Crippen LogP contribution < -0.4 is 16.4 Å². The van der Waals surface area contributed by atoms with Gasteiger partial charge in [-0.1, -0.05) is 82.5 Å². The van der Waals surface area contributed by atoms with Gasteiger partial charge in [0.05, 0.1) is 25.6 Å². The number of amides is 2. The second kappa shape index (κ2) is 28.7. The van der Waals surface area contributed by atoms with Crippen molar-refractivity contribution in [2.24, 2.45) is 5.41 Å². The molecule has 3 heterocycles. The quantitative estimate of drug-likeness (QED) is 0.0278. The number of aliphatic hydroxyl groups is 3. The summed E-state index contributed by atoms with van der Waals surface area (Å²) in [6.45, 7) is 2.57. The Hall–Kier alpha value is -3.00. The predicted molar refractivity (Wildman–Crippen MR) is 248 cm³/mol. The normalized spacial score (nSPS) is 20.7. The average Bonchev–Trinajstić information content (AvgIpc) is 3.82. The first kappa shape index (κ1) is 59.3. The number of imidazole rings is 1. The van der Waals surface area contributed by atoms with Crippen molar-refractivity contribution in [3.8, 4) is 0 Å². The number of nitrogen functional groups attached to an aromatic ring is 1. The summed E-state index contributed by atoms with van der Waals surface area (Å²) in [5, 5.41) is 36.6. The molecule has 0 saturated carbocycles. The maximum absolute atomic E-state index is 12.7. The lowest BCUT2D eigenvalue weighted by molar-refractivity contribution is -0.137. The van der Waals surface area contributed by atoms with Crippen molar-refractivity contribution in [2.45, 2.75) is 135 Å². The second-order valence-electron chi connectivity index (χ2n) is 16.5. The van der Waals surface area contributed by atoms with Gasteiger partial charge in [-0.05, 0) is 38.5 Å². The second-order valence-corrected chi connectivity index (χ2v) is 21.8. The molecular formula is C39H66N7O18P3S. The zero-order valence-electron chi connectivity index (χ0n) is 38.2. The van der Waals surface area contributed by atoms with Crippen LogP contribution in [0.15, 0.2) is 37.0 Å². The highest BCUT2D eigenvalue weighted by atomic mass is 32.2. The van der Waals surface area contributed by atoms with Gasteiger partial charge in [0.1, 0.15) is 36.3 Å². The first-order valence-corrected chi connectivity index (χ1v) is 27.5. The van der Waals surface area contributed by atoms with Crippen LogP contribution in [0, 0.1) is 5.41 Å². The van der Waals surface area contributed by atoms with Crippen LogP contribution in [-0.4, -0.2) is 134 Å². The fourth-order valence-corrected chi connectivity index (χ4v) is 10.1. The number of nitrogens with two attached hydrogens (primary N) is 1. The summed E-state index contributed by atoms with van der Waals surface area (Å²) < 4.78 is 62.4. The molecule has 1 aliphatic rings. The largest absolute Gasteiger partial charge is 0.481 e. The molecule has 8 atom stereocenters. The van der Waals surface area contributed by atoms with Crippen LogP contribution in [0.3, 0.4) is 0 Å². The number of carbonyl (C=O) groups excluding carboxylic acids is 3. The van der Waals surface area contributed by atoms with Crippen LogP contribution in [-0.2, 0) is 50.7 Å². The first-order valence-electron chi connectivity index (χ1n) is 22.0. The summed E-state index contributed by atoms with van der Waals surface area (Å²) in [5.74, 6) is -1.24. The van der Waals surface area contributed by atoms with E-state index in [4.69, 9.17) is 19.5 Å². The molecule has 0 aromatic carbocycles. The first-order chi connectivity index (χ1) is 31.9. The summed E-state index contributed by atoms with van der Waals surface area (Å²) in [4.78, 5) is 88.4. The molecule has 29 heteroatoms. The van der Waals surface area contributed by atoms with Crippen molar-refractivity contribution in [1.82, 2.24) is 30.2 Å². The Labute approximate surface area is 398 Å². The highest BCUT2D eigenvalue weighted by molar-refractivity contribution is 8.13. The SMILES string of the molecule is CCCCC/C=C\C/C=C\CCCCC[C@H](O)CC(=O)SCCNC(=O)CCNC(=O)[C@H](O)C(C)(C)COP(=O)(O)OP(=O)(O)OC[C@H]1O[C@@H](n2cnc3c(N)ncnc32)[C@H](O)[C@@H]1OP(=O)(O)O. The van der Waals surface area contributed by atoms with Crippen molar-refractivity contribution < 1.29 is 85.6 Å². The fraction of sp³-hybridized carbons (Fsp3) is 0.692. The number of nitrogens with zero attached hydrogens (tertiary/aromatic N) is 4. The van der Waals surface area contributed by atoms with E-state index in [0.717, 1.165) is 67.5 Å². The molecule has 0 radical (unpaired) electrons. The molecule has 11 N–H and O–H groups in total. The van der Waals surface area contributed by atoms with Crippen LogP contribution in [0.1, 0.15) is 104 Å². The number of ether oxygens (including phenoxy) is 1. The van der Waals surface area contributed by atoms with Gasteiger partial charge in [0.2, 0.25) is 11.8 Å². The summed E-state index contributed by atoms with van der Waals surface area (Å²) in [6.07, 6.45) is 11.1. The van der Waals surface area contributed by atoms with Gasteiger partial charge in [-0.2, -0.15) is 4.31 Å². The number of aromatic nitrogens is 4. The molecule has 2 aromatic heterocycles. The smallest absolute Gasteiger partial charge is 0.393 e. The van der Waals surface area contributed by atoms with Gasteiger partial charge in [-0.25, -0.2) is 28.6 Å². The van der Waals surface area contributed by atoms with Crippen molar-refractivity contribution in [2.75, 3.05) is 37.8 Å². The van der Waals surface area contributed by atoms with Crippen LogP contribution in [0.5, 0.6) is 0 Å². The molecule has 25 nitrogen and oxygen atoms in total. The summed E-state index contributed by atoms with van der Waals surface area (Å²) in [5.41, 5.74) is 4.25. The van der Waals surface area contributed by atoms with E-state index in [9.17, 15) is 63.0 Å². The van der Waals surface area contributed by atoms with Gasteiger partial charge in [0.15, 0.2) is 22.8 Å². The Bertz CT molecular complexity index is 2130. The zero-order valence-corrected chi connectivity index (χ0v) is 41.7. The number of rotatable bonds is 33. The molecular weight excluding hydrogens is 979 g/mol. The van der Waals surface area contributed by atoms with E-state index in [1.54, 1.807) is 0 Å². The van der Waals surface area contributed by atoms with Gasteiger partial charge in [0, 0.05) is 37.1 Å². The Kier molecular flexibility index (Phi) is 25.1. The lowest BCUT2D eigenvalue weighted by Crippen LogP contribution is -2.46. The van der Waals surface area contributed by atoms with Crippen LogP contribution in [0.2, 0.25) is 0 Å². The van der Waals surface area contributed by atoms with E-state index in [0.29, 0.717) is 6.42 Å². The number of thioether (sulfide) groups is 1. The van der Waals surface area contributed by atoms with Gasteiger partial charge >= 0.3 is 23.5 Å². The fourth-order valence-electron chi connectivity index (χ4n) is 6.49. The van der Waals surface area contributed by atoms with E-state index >= 15 is 0 Å². The standard InChI is InChI=1S/C39H66N7O18P3S/c1-4-5-6-7-8-9-10-11-12-13-14-15-16-17-27(47)22-30(49)68-21-20-41-29(48)18-19-42-37(52)34(51)39(2,3)24-61-67(58,59)64-66(56,57)60-23-28-33(63-65(53,54)55)32(50)38(62-28)46-26-45-31-35(40)43-25-44-36(31)46/h8-9,11-12,25-28,32-34,38,47,50-51H,4-7,10,13-24H2,1-3H3,(H,41,48)(H,42,52)(H,56,57)(H,58,59)(H2,40,43,44)(H2,53,54,55)/b9-8-,12-11-/t27-,28+,32+,33+,34-,38+/m0/s1. The lowest BCUT2D eigenvalue weighted by Gasteiger charge is -2.30. The molecule has 386 valence electrons. The molecule has 0 aliphatic carbocycles. The summed E-state index contributed by atoms with van der Waals surface area (Å²) in [6, 6.07) is 0. The predicted octanol–water partition coefficient (Wildman–Crippen LogP) is 3.45. The minimum Gasteiger partial charge on any atom is -0.393 e. The van der Waals surface area contributed by atoms with E-state index in [1.165, 1.54) is 33.1 Å². The van der Waals surface area contributed by atoms with Gasteiger partial charge in [0.25, 0.3) is 0 Å². The molecule has 0 spiro atoms. The molecule has 0 bridgehead atoms. The summed E-state index contributed by atoms with van der Waals surface area (Å²) in [7, 11) is -16.4. The molecule has 1 aliphatic heterocycles. The molecule has 3 rings (SSSR count). The maximum Gasteiger partial charge on any atom is 0.481 e. The third-order valence-electron chi connectivity index (χ3n) is 10.2. The van der Waals surface area contributed by atoms with Gasteiger partial charge < -0.3 is 56.0 Å². The lowest BCUT2D eigenvalue weighted by atomic mass is 9.87. The molecule has 1 saturated heterocycles. The van der Waals surface area contributed by atoms with E-state index in [1.807, 2.05) is 0 Å². The maximum atomic E-state index is 12.7. The highest BCUT2D eigenvalue weighted by Crippen LogP contribution is 2.61. The zero-order chi connectivity index (χ0) is 50.5. The Morgan fingerprint density at radius 2 is 1.62 bits per heavy atom. The molecule has 1 fully saturated rings. The third kappa shape index (κ3) is 21.6. The number of nitrogens with one attached hydrogen (secondary N) is 2. The topological polar surface area (TPSA) is 384 Å². The summed E-state index contributed by atoms with van der Waals surface area (Å²) >= 11 is 0.986. The minimum absolute atomic E-state index is 0.00495. The number of aliphatic hydroxyl groups excluding tert-OH is 3. The van der Waals surface area contributed by atoms with Crippen molar-refractivity contribution in [1.29, 1.82) is 0 Å². The third-order valence-corrected chi connectivity index (χ3v) is 14.2. The van der Waals surface area contributed by atoms with E-state index < -0.39 is 90.7 Å². The number of anilines is 1. The van der Waals surface area contributed by atoms with Crippen LogP contribution in [0.25, 0.3) is 11.2 Å². The Morgan fingerprint density at radius 3 is 2.29 bits per heavy atom. The van der Waals surface area contributed by atoms with Crippen LogP contribution in [0.4, 0.5) is 5.82 Å². The van der Waals surface area contributed by atoms with Gasteiger partial charge in [-0.3, -0.25) is 32.5 Å². The molecule has 68 heavy (non-hydrogen) atoms. The number of carbonyl (C=O) groups is 3. The van der Waals surface area contributed by atoms with E-state index in [-0.39, 0.29) is 53.8 Å². The Balaban J connectivity index is 1.32.